The number of hydrogen-bond donors (Lipinski definition) is 1. The largest absolute Gasteiger partial charge is 0.319 e. The fourth-order valence-corrected chi connectivity index (χ4v) is 3.43. The van der Waals surface area contributed by atoms with Gasteiger partial charge in [0.2, 0.25) is 10.0 Å². The number of piperazine rings is 1. The number of H-pyrrole nitrogens is 1. The Labute approximate surface area is 128 Å². The van der Waals surface area contributed by atoms with Gasteiger partial charge in [-0.1, -0.05) is 12.1 Å². The third-order valence-corrected chi connectivity index (χ3v) is 5.15. The molecule has 7 nitrogen and oxygen atoms in total. The van der Waals surface area contributed by atoms with Gasteiger partial charge in [-0.3, -0.25) is 9.69 Å². The fourth-order valence-electron chi connectivity index (χ4n) is 2.61. The van der Waals surface area contributed by atoms with Crippen molar-refractivity contribution in [3.8, 4) is 0 Å². The van der Waals surface area contributed by atoms with Gasteiger partial charge in [0.05, 0.1) is 17.3 Å². The molecule has 0 atom stereocenters. The maximum atomic E-state index is 12.1. The summed E-state index contributed by atoms with van der Waals surface area (Å²) < 4.78 is 24.4. The van der Waals surface area contributed by atoms with E-state index in [1.54, 1.807) is 0 Å². The molecule has 1 aliphatic heterocycles. The molecular formula is C14H18N4O3S. The first-order valence-electron chi connectivity index (χ1n) is 7.09. The number of nitrogens with one attached hydrogen (secondary N) is 1. The van der Waals surface area contributed by atoms with Crippen LogP contribution in [0.4, 0.5) is 0 Å². The summed E-state index contributed by atoms with van der Waals surface area (Å²) in [7, 11) is -3.14. The molecule has 0 aliphatic carbocycles. The molecule has 0 radical (unpaired) electrons. The van der Waals surface area contributed by atoms with E-state index in [1.165, 1.54) is 10.6 Å². The molecule has 2 heterocycles. The van der Waals surface area contributed by atoms with E-state index >= 15 is 0 Å². The highest BCUT2D eigenvalue weighted by Crippen LogP contribution is 2.10. The van der Waals surface area contributed by atoms with Crippen molar-refractivity contribution >= 4 is 21.1 Å². The Balaban J connectivity index is 1.75. The molecule has 2 aromatic rings. The standard InChI is InChI=1S/C14H18N4O3S/c1-22(20,21)18-8-6-17(7-9-18)10-13-14(19)16-12-5-3-2-4-11(12)15-13/h2-5H,6-10H2,1H3,(H,16,19). The number of hydrogen-bond acceptors (Lipinski definition) is 5. The van der Waals surface area contributed by atoms with Gasteiger partial charge in [0.15, 0.2) is 0 Å². The van der Waals surface area contributed by atoms with E-state index in [1.807, 2.05) is 29.2 Å². The third-order valence-electron chi connectivity index (χ3n) is 3.84. The number of rotatable bonds is 3. The number of aromatic nitrogens is 2. The van der Waals surface area contributed by atoms with Crippen LogP contribution in [0.5, 0.6) is 0 Å². The zero-order valence-electron chi connectivity index (χ0n) is 12.3. The molecule has 1 aromatic carbocycles. The number of aromatic amines is 1. The van der Waals surface area contributed by atoms with Gasteiger partial charge in [-0.25, -0.2) is 13.4 Å². The second kappa shape index (κ2) is 5.79. The molecule has 0 bridgehead atoms. The van der Waals surface area contributed by atoms with Crippen LogP contribution in [0.15, 0.2) is 29.1 Å². The molecule has 1 N–H and O–H groups in total. The minimum Gasteiger partial charge on any atom is -0.319 e. The summed E-state index contributed by atoms with van der Waals surface area (Å²) in [4.78, 5) is 21.4. The van der Waals surface area contributed by atoms with E-state index in [0.29, 0.717) is 38.4 Å². The van der Waals surface area contributed by atoms with Crippen LogP contribution in [-0.4, -0.2) is 60.0 Å². The molecule has 0 spiro atoms. The lowest BCUT2D eigenvalue weighted by Crippen LogP contribution is -2.48. The molecule has 0 unspecified atom stereocenters. The van der Waals surface area contributed by atoms with Crippen molar-refractivity contribution in [2.24, 2.45) is 0 Å². The molecular weight excluding hydrogens is 304 g/mol. The normalized spacial score (nSPS) is 17.9. The van der Waals surface area contributed by atoms with E-state index in [2.05, 4.69) is 9.97 Å². The van der Waals surface area contributed by atoms with Crippen LogP contribution >= 0.6 is 0 Å². The van der Waals surface area contributed by atoms with Crippen molar-refractivity contribution in [1.29, 1.82) is 0 Å². The van der Waals surface area contributed by atoms with Crippen LogP contribution in [-0.2, 0) is 16.6 Å². The first kappa shape index (κ1) is 15.1. The number of benzene rings is 1. The van der Waals surface area contributed by atoms with Gasteiger partial charge in [-0.05, 0) is 12.1 Å². The van der Waals surface area contributed by atoms with E-state index in [-0.39, 0.29) is 5.56 Å². The molecule has 1 aliphatic rings. The monoisotopic (exact) mass is 322 g/mol. The van der Waals surface area contributed by atoms with Crippen molar-refractivity contribution in [3.05, 3.63) is 40.3 Å². The molecule has 3 rings (SSSR count). The summed E-state index contributed by atoms with van der Waals surface area (Å²) >= 11 is 0. The number of fused-ring (bicyclic) bond motifs is 1. The van der Waals surface area contributed by atoms with Crippen LogP contribution in [0.25, 0.3) is 11.0 Å². The maximum absolute atomic E-state index is 12.1. The van der Waals surface area contributed by atoms with Crippen molar-refractivity contribution in [2.45, 2.75) is 6.54 Å². The molecule has 1 saturated heterocycles. The Kier molecular flexibility index (Phi) is 3.98. The van der Waals surface area contributed by atoms with Gasteiger partial charge in [-0.2, -0.15) is 4.31 Å². The molecule has 0 saturated carbocycles. The molecule has 22 heavy (non-hydrogen) atoms. The predicted octanol–water partition coefficient (Wildman–Crippen LogP) is 0.000300. The van der Waals surface area contributed by atoms with E-state index in [0.717, 1.165) is 11.0 Å². The lowest BCUT2D eigenvalue weighted by atomic mass is 10.2. The van der Waals surface area contributed by atoms with Crippen molar-refractivity contribution in [1.82, 2.24) is 19.2 Å². The number of nitrogens with zero attached hydrogens (tertiary/aromatic N) is 3. The van der Waals surface area contributed by atoms with Crippen molar-refractivity contribution in [2.75, 3.05) is 32.4 Å². The van der Waals surface area contributed by atoms with Crippen molar-refractivity contribution in [3.63, 3.8) is 0 Å². The van der Waals surface area contributed by atoms with Crippen LogP contribution < -0.4 is 5.56 Å². The van der Waals surface area contributed by atoms with Crippen LogP contribution in [0.3, 0.4) is 0 Å². The predicted molar refractivity (Wildman–Crippen MR) is 84.1 cm³/mol. The van der Waals surface area contributed by atoms with Crippen molar-refractivity contribution < 1.29 is 8.42 Å². The smallest absolute Gasteiger partial charge is 0.271 e. The van der Waals surface area contributed by atoms with Crippen LogP contribution in [0.2, 0.25) is 0 Å². The highest BCUT2D eigenvalue weighted by molar-refractivity contribution is 7.88. The summed E-state index contributed by atoms with van der Waals surface area (Å²) in [6, 6.07) is 7.40. The van der Waals surface area contributed by atoms with Gasteiger partial charge in [-0.15, -0.1) is 0 Å². The summed E-state index contributed by atoms with van der Waals surface area (Å²) in [5, 5.41) is 0. The zero-order chi connectivity index (χ0) is 15.7. The summed E-state index contributed by atoms with van der Waals surface area (Å²) in [5.41, 5.74) is 1.75. The Morgan fingerprint density at radius 2 is 1.86 bits per heavy atom. The SMILES string of the molecule is CS(=O)(=O)N1CCN(Cc2nc3ccccc3[nH]c2=O)CC1. The fraction of sp³-hybridized carbons (Fsp3) is 0.429. The average Bonchev–Trinajstić information content (AvgIpc) is 2.48. The Morgan fingerprint density at radius 3 is 2.55 bits per heavy atom. The molecule has 1 fully saturated rings. The molecule has 118 valence electrons. The van der Waals surface area contributed by atoms with Gasteiger partial charge in [0, 0.05) is 32.7 Å². The van der Waals surface area contributed by atoms with E-state index in [4.69, 9.17) is 0 Å². The highest BCUT2D eigenvalue weighted by Gasteiger charge is 2.24. The number of sulfonamides is 1. The third kappa shape index (κ3) is 3.18. The van der Waals surface area contributed by atoms with Gasteiger partial charge in [0.25, 0.3) is 5.56 Å². The lowest BCUT2D eigenvalue weighted by molar-refractivity contribution is 0.180. The summed E-state index contributed by atoms with van der Waals surface area (Å²) in [6.07, 6.45) is 1.22. The average molecular weight is 322 g/mol. The Morgan fingerprint density at radius 1 is 1.18 bits per heavy atom. The van der Waals surface area contributed by atoms with Gasteiger partial charge >= 0.3 is 0 Å². The molecule has 1 aromatic heterocycles. The highest BCUT2D eigenvalue weighted by atomic mass is 32.2. The first-order valence-corrected chi connectivity index (χ1v) is 8.94. The Bertz CT molecular complexity index is 839. The maximum Gasteiger partial charge on any atom is 0.271 e. The first-order chi connectivity index (χ1) is 10.4. The van der Waals surface area contributed by atoms with E-state index in [9.17, 15) is 13.2 Å². The van der Waals surface area contributed by atoms with E-state index < -0.39 is 10.0 Å². The summed E-state index contributed by atoms with van der Waals surface area (Å²) in [5.74, 6) is 0. The summed E-state index contributed by atoms with van der Waals surface area (Å²) in [6.45, 7) is 2.52. The van der Waals surface area contributed by atoms with Gasteiger partial charge < -0.3 is 4.98 Å². The second-order valence-corrected chi connectivity index (χ2v) is 7.45. The van der Waals surface area contributed by atoms with Crippen LogP contribution in [0, 0.1) is 0 Å². The minimum absolute atomic E-state index is 0.191. The second-order valence-electron chi connectivity index (χ2n) is 5.47. The number of para-hydroxylation sites is 2. The molecule has 8 heteroatoms. The quantitative estimate of drug-likeness (QED) is 0.859. The zero-order valence-corrected chi connectivity index (χ0v) is 13.1. The minimum atomic E-state index is -3.14. The molecule has 0 amide bonds. The Hall–Kier alpha value is -1.77. The van der Waals surface area contributed by atoms with Crippen LogP contribution in [0.1, 0.15) is 5.69 Å². The van der Waals surface area contributed by atoms with Gasteiger partial charge in [0.1, 0.15) is 5.69 Å². The lowest BCUT2D eigenvalue weighted by Gasteiger charge is -2.32. The topological polar surface area (TPSA) is 86.4 Å².